The summed E-state index contributed by atoms with van der Waals surface area (Å²) in [4.78, 5) is 26.0. The zero-order valence-corrected chi connectivity index (χ0v) is 19.9. The number of aryl methyl sites for hydroxylation is 2. The first-order valence-corrected chi connectivity index (χ1v) is 11.6. The molecule has 0 radical (unpaired) electrons. The van der Waals surface area contributed by atoms with Crippen LogP contribution in [0.4, 0.5) is 5.69 Å². The lowest BCUT2D eigenvalue weighted by molar-refractivity contribution is 0.0598. The lowest BCUT2D eigenvalue weighted by Gasteiger charge is -2.16. The average Bonchev–Trinajstić information content (AvgIpc) is 3.15. The third-order valence-corrected chi connectivity index (χ3v) is 6.76. The van der Waals surface area contributed by atoms with Gasteiger partial charge in [0.15, 0.2) is 0 Å². The molecule has 1 N–H and O–H groups in total. The predicted molar refractivity (Wildman–Crippen MR) is 124 cm³/mol. The van der Waals surface area contributed by atoms with Gasteiger partial charge >= 0.3 is 5.97 Å². The number of benzene rings is 2. The molecule has 0 aliphatic carbocycles. The Morgan fingerprint density at radius 1 is 1.06 bits per heavy atom. The summed E-state index contributed by atoms with van der Waals surface area (Å²) in [5, 5.41) is 0. The van der Waals surface area contributed by atoms with Gasteiger partial charge in [0.2, 0.25) is 0 Å². The molecule has 3 aromatic rings. The number of carbonyl (C=O) groups excluding carboxylic acids is 2. The molecule has 0 aliphatic heterocycles. The molecule has 1 aromatic heterocycles. The molecule has 0 aliphatic rings. The molecule has 2 aromatic carbocycles. The number of nitrogens with zero attached hydrogens (tertiary/aromatic N) is 1. The zero-order chi connectivity index (χ0) is 24.3. The number of esters is 1. The maximum atomic E-state index is 12.8. The molecule has 0 atom stereocenters. The number of sulfonamides is 1. The van der Waals surface area contributed by atoms with Gasteiger partial charge in [-0.05, 0) is 68.3 Å². The van der Waals surface area contributed by atoms with Crippen molar-refractivity contribution < 1.29 is 27.2 Å². The van der Waals surface area contributed by atoms with Crippen LogP contribution in [0.15, 0.2) is 57.8 Å². The second kappa shape index (κ2) is 9.50. The molecule has 0 bridgehead atoms. The maximum Gasteiger partial charge on any atom is 0.341 e. The molecule has 0 unspecified atom stereocenters. The number of hydrogen-bond donors (Lipinski definition) is 1. The molecule has 0 saturated heterocycles. The minimum atomic E-state index is -3.81. The van der Waals surface area contributed by atoms with E-state index in [0.717, 1.165) is 11.1 Å². The normalized spacial score (nSPS) is 11.2. The van der Waals surface area contributed by atoms with E-state index in [-0.39, 0.29) is 17.3 Å². The first-order chi connectivity index (χ1) is 15.5. The summed E-state index contributed by atoms with van der Waals surface area (Å²) in [5.41, 5.74) is 2.96. The lowest BCUT2D eigenvalue weighted by atomic mass is 10.1. The Bertz CT molecular complexity index is 1290. The van der Waals surface area contributed by atoms with E-state index in [9.17, 15) is 18.0 Å². The van der Waals surface area contributed by atoms with Crippen LogP contribution in [-0.4, -0.2) is 39.4 Å². The topological polar surface area (TPSA) is 106 Å². The molecular formula is C24H26N2O6S. The second-order valence-electron chi connectivity index (χ2n) is 7.71. The van der Waals surface area contributed by atoms with Crippen LogP contribution in [0, 0.1) is 20.8 Å². The van der Waals surface area contributed by atoms with Gasteiger partial charge in [0.05, 0.1) is 24.2 Å². The number of hydrogen-bond acceptors (Lipinski definition) is 6. The van der Waals surface area contributed by atoms with E-state index in [1.807, 2.05) is 19.9 Å². The maximum absolute atomic E-state index is 12.8. The van der Waals surface area contributed by atoms with E-state index >= 15 is 0 Å². The van der Waals surface area contributed by atoms with Gasteiger partial charge in [-0.1, -0.05) is 12.1 Å². The standard InChI is InChI=1S/C24H26N2O6S/c1-15-7-6-8-22(16(15)2)25-33(29,30)20-11-9-18(10-12-20)23(27)26(4)14-19-13-21(17(3)32-19)24(28)31-5/h6-13,25H,14H2,1-5H3. The first kappa shape index (κ1) is 24.1. The van der Waals surface area contributed by atoms with Gasteiger partial charge in [0, 0.05) is 12.6 Å². The second-order valence-corrected chi connectivity index (χ2v) is 9.40. The predicted octanol–water partition coefficient (Wildman–Crippen LogP) is 4.06. The van der Waals surface area contributed by atoms with Crippen molar-refractivity contribution in [3.8, 4) is 0 Å². The summed E-state index contributed by atoms with van der Waals surface area (Å²) in [6.07, 6.45) is 0. The van der Waals surface area contributed by atoms with Crippen LogP contribution >= 0.6 is 0 Å². The molecule has 9 heteroatoms. The number of anilines is 1. The van der Waals surface area contributed by atoms with Gasteiger partial charge in [0.1, 0.15) is 17.1 Å². The van der Waals surface area contributed by atoms with Gasteiger partial charge in [-0.15, -0.1) is 0 Å². The van der Waals surface area contributed by atoms with Crippen LogP contribution in [0.25, 0.3) is 0 Å². The SMILES string of the molecule is COC(=O)c1cc(CN(C)C(=O)c2ccc(S(=O)(=O)Nc3cccc(C)c3C)cc2)oc1C. The summed E-state index contributed by atoms with van der Waals surface area (Å²) in [6.45, 7) is 5.53. The van der Waals surface area contributed by atoms with Crippen molar-refractivity contribution >= 4 is 27.6 Å². The molecule has 3 rings (SSSR count). The highest BCUT2D eigenvalue weighted by Crippen LogP contribution is 2.23. The highest BCUT2D eigenvalue weighted by atomic mass is 32.2. The number of rotatable bonds is 7. The van der Waals surface area contributed by atoms with E-state index in [2.05, 4.69) is 4.72 Å². The Hall–Kier alpha value is -3.59. The molecule has 33 heavy (non-hydrogen) atoms. The monoisotopic (exact) mass is 470 g/mol. The van der Waals surface area contributed by atoms with Crippen LogP contribution in [0.5, 0.6) is 0 Å². The van der Waals surface area contributed by atoms with Crippen molar-refractivity contribution in [2.45, 2.75) is 32.2 Å². The van der Waals surface area contributed by atoms with Crippen molar-refractivity contribution in [2.24, 2.45) is 0 Å². The minimum Gasteiger partial charge on any atom is -0.465 e. The smallest absolute Gasteiger partial charge is 0.341 e. The third-order valence-electron chi connectivity index (χ3n) is 5.37. The summed E-state index contributed by atoms with van der Waals surface area (Å²) in [5.74, 6) is 0.00197. The van der Waals surface area contributed by atoms with Gasteiger partial charge < -0.3 is 14.1 Å². The molecule has 8 nitrogen and oxygen atoms in total. The summed E-state index contributed by atoms with van der Waals surface area (Å²) in [6, 6.07) is 12.6. The fourth-order valence-electron chi connectivity index (χ4n) is 3.30. The van der Waals surface area contributed by atoms with Crippen LogP contribution in [0.3, 0.4) is 0 Å². The van der Waals surface area contributed by atoms with Crippen LogP contribution < -0.4 is 4.72 Å². The Morgan fingerprint density at radius 2 is 1.73 bits per heavy atom. The van der Waals surface area contributed by atoms with Crippen molar-refractivity contribution in [1.82, 2.24) is 4.90 Å². The van der Waals surface area contributed by atoms with Crippen LogP contribution in [0.1, 0.15) is 43.4 Å². The van der Waals surface area contributed by atoms with E-state index in [4.69, 9.17) is 9.15 Å². The highest BCUT2D eigenvalue weighted by molar-refractivity contribution is 7.92. The summed E-state index contributed by atoms with van der Waals surface area (Å²) >= 11 is 0. The van der Waals surface area contributed by atoms with E-state index in [1.165, 1.54) is 36.3 Å². The minimum absolute atomic E-state index is 0.0481. The fraction of sp³-hybridized carbons (Fsp3) is 0.250. The Labute approximate surface area is 193 Å². The number of amides is 1. The van der Waals surface area contributed by atoms with Gasteiger partial charge in [-0.3, -0.25) is 9.52 Å². The molecule has 0 spiro atoms. The number of ether oxygens (including phenoxy) is 1. The Balaban J connectivity index is 1.73. The quantitative estimate of drug-likeness (QED) is 0.522. The van der Waals surface area contributed by atoms with Crippen molar-refractivity contribution in [2.75, 3.05) is 18.9 Å². The molecular weight excluding hydrogens is 444 g/mol. The van der Waals surface area contributed by atoms with Gasteiger partial charge in [0.25, 0.3) is 15.9 Å². The summed E-state index contributed by atoms with van der Waals surface area (Å²) < 4.78 is 38.4. The third kappa shape index (κ3) is 5.25. The van der Waals surface area contributed by atoms with Crippen molar-refractivity contribution in [3.05, 3.63) is 82.3 Å². The zero-order valence-electron chi connectivity index (χ0n) is 19.1. The molecule has 174 valence electrons. The Kier molecular flexibility index (Phi) is 6.92. The molecule has 1 amide bonds. The first-order valence-electron chi connectivity index (χ1n) is 10.2. The van der Waals surface area contributed by atoms with E-state index < -0.39 is 16.0 Å². The molecule has 0 fully saturated rings. The van der Waals surface area contributed by atoms with Gasteiger partial charge in [-0.2, -0.15) is 0 Å². The van der Waals surface area contributed by atoms with Crippen molar-refractivity contribution in [3.63, 3.8) is 0 Å². The van der Waals surface area contributed by atoms with Crippen molar-refractivity contribution in [1.29, 1.82) is 0 Å². The fourth-order valence-corrected chi connectivity index (χ4v) is 4.43. The highest BCUT2D eigenvalue weighted by Gasteiger charge is 2.20. The molecule has 1 heterocycles. The van der Waals surface area contributed by atoms with Gasteiger partial charge in [-0.25, -0.2) is 13.2 Å². The number of nitrogens with one attached hydrogen (secondary N) is 1. The lowest BCUT2D eigenvalue weighted by Crippen LogP contribution is -2.26. The van der Waals surface area contributed by atoms with E-state index in [0.29, 0.717) is 28.3 Å². The number of carbonyl (C=O) groups is 2. The largest absolute Gasteiger partial charge is 0.465 e. The Morgan fingerprint density at radius 3 is 2.36 bits per heavy atom. The van der Waals surface area contributed by atoms with Crippen LogP contribution in [-0.2, 0) is 21.3 Å². The van der Waals surface area contributed by atoms with Crippen LogP contribution in [0.2, 0.25) is 0 Å². The molecule has 0 saturated carbocycles. The summed E-state index contributed by atoms with van der Waals surface area (Å²) in [7, 11) is -0.939. The van der Waals surface area contributed by atoms with E-state index in [1.54, 1.807) is 32.2 Å². The average molecular weight is 471 g/mol. The number of furan rings is 1. The number of methoxy groups -OCH3 is 1.